The minimum absolute atomic E-state index is 0.0937. The summed E-state index contributed by atoms with van der Waals surface area (Å²) in [4.78, 5) is 32.5. The SMILES string of the molecule is CC(=O)O.COc1cc2c(Oc3cccc(NC(=O)Nc4cc(C(C)(C)C)on4)c3)ncnc2cc1OC1CCN(C)C1. The number of hydrogen-bond acceptors (Lipinski definition) is 10. The summed E-state index contributed by atoms with van der Waals surface area (Å²) >= 11 is 0. The maximum Gasteiger partial charge on any atom is 0.324 e. The van der Waals surface area contributed by atoms with Crippen molar-refractivity contribution in [1.29, 1.82) is 0 Å². The highest BCUT2D eigenvalue weighted by Crippen LogP contribution is 2.37. The van der Waals surface area contributed by atoms with E-state index in [0.29, 0.717) is 51.3 Å². The van der Waals surface area contributed by atoms with Gasteiger partial charge >= 0.3 is 6.03 Å². The Morgan fingerprint density at radius 2 is 1.86 bits per heavy atom. The Morgan fingerprint density at radius 1 is 1.09 bits per heavy atom. The fourth-order valence-electron chi connectivity index (χ4n) is 4.26. The van der Waals surface area contributed by atoms with E-state index in [1.54, 1.807) is 37.4 Å². The minimum Gasteiger partial charge on any atom is -0.493 e. The number of rotatable bonds is 7. The first-order valence-electron chi connectivity index (χ1n) is 13.6. The predicted octanol–water partition coefficient (Wildman–Crippen LogP) is 5.53. The molecular weight excluding hydrogens is 556 g/mol. The number of likely N-dealkylation sites (N-methyl/N-ethyl adjacent to an activating group) is 1. The van der Waals surface area contributed by atoms with Gasteiger partial charge in [-0.3, -0.25) is 10.1 Å². The first-order chi connectivity index (χ1) is 20.4. The molecule has 2 amide bonds. The van der Waals surface area contributed by atoms with Crippen LogP contribution in [-0.2, 0) is 10.2 Å². The summed E-state index contributed by atoms with van der Waals surface area (Å²) in [6, 6.07) is 11.9. The maximum absolute atomic E-state index is 12.5. The fourth-order valence-corrected chi connectivity index (χ4v) is 4.26. The molecular formula is C30H36N6O7. The van der Waals surface area contributed by atoms with E-state index in [2.05, 4.69) is 37.7 Å². The van der Waals surface area contributed by atoms with Crippen LogP contribution in [0.15, 0.2) is 53.3 Å². The van der Waals surface area contributed by atoms with Gasteiger partial charge in [0.05, 0.1) is 18.0 Å². The number of nitrogens with one attached hydrogen (secondary N) is 2. The third kappa shape index (κ3) is 8.55. The van der Waals surface area contributed by atoms with Crippen LogP contribution in [0.4, 0.5) is 16.3 Å². The lowest BCUT2D eigenvalue weighted by Gasteiger charge is -2.17. The van der Waals surface area contributed by atoms with Crippen LogP contribution in [0, 0.1) is 0 Å². The van der Waals surface area contributed by atoms with Crippen LogP contribution in [0.5, 0.6) is 23.1 Å². The van der Waals surface area contributed by atoms with Gasteiger partial charge in [-0.1, -0.05) is 32.0 Å². The zero-order chi connectivity index (χ0) is 31.1. The van der Waals surface area contributed by atoms with Crippen molar-refractivity contribution in [1.82, 2.24) is 20.0 Å². The first kappa shape index (κ1) is 31.0. The van der Waals surface area contributed by atoms with Gasteiger partial charge in [-0.15, -0.1) is 0 Å². The molecule has 228 valence electrons. The van der Waals surface area contributed by atoms with Crippen LogP contribution in [-0.4, -0.2) is 70.5 Å². The molecule has 1 unspecified atom stereocenters. The normalized spacial score (nSPS) is 14.9. The largest absolute Gasteiger partial charge is 0.493 e. The van der Waals surface area contributed by atoms with Gasteiger partial charge < -0.3 is 34.1 Å². The summed E-state index contributed by atoms with van der Waals surface area (Å²) in [5, 5.41) is 17.5. The number of carboxylic acids is 1. The molecule has 0 aliphatic carbocycles. The lowest BCUT2D eigenvalue weighted by molar-refractivity contribution is -0.134. The average molecular weight is 593 g/mol. The predicted molar refractivity (Wildman–Crippen MR) is 160 cm³/mol. The van der Waals surface area contributed by atoms with E-state index in [9.17, 15) is 4.79 Å². The molecule has 1 aliphatic heterocycles. The highest BCUT2D eigenvalue weighted by atomic mass is 16.5. The number of ether oxygens (including phenoxy) is 3. The monoisotopic (exact) mass is 592 g/mol. The Hall–Kier alpha value is -4.91. The van der Waals surface area contributed by atoms with E-state index < -0.39 is 12.0 Å². The number of carboxylic acid groups (broad SMARTS) is 1. The Morgan fingerprint density at radius 3 is 2.51 bits per heavy atom. The number of carbonyl (C=O) groups is 2. The van der Waals surface area contributed by atoms with Crippen molar-refractivity contribution in [3.8, 4) is 23.1 Å². The lowest BCUT2D eigenvalue weighted by Crippen LogP contribution is -2.21. The number of aromatic nitrogens is 3. The molecule has 5 rings (SSSR count). The minimum atomic E-state index is -0.833. The van der Waals surface area contributed by atoms with Gasteiger partial charge in [-0.05, 0) is 31.7 Å². The number of hydrogen-bond donors (Lipinski definition) is 3. The van der Waals surface area contributed by atoms with Gasteiger partial charge in [0.1, 0.15) is 23.9 Å². The van der Waals surface area contributed by atoms with Crippen molar-refractivity contribution in [3.63, 3.8) is 0 Å². The lowest BCUT2D eigenvalue weighted by atomic mass is 9.93. The number of aliphatic carboxylic acids is 1. The molecule has 4 aromatic rings. The van der Waals surface area contributed by atoms with Crippen LogP contribution in [0.1, 0.15) is 39.9 Å². The molecule has 43 heavy (non-hydrogen) atoms. The second-order valence-electron chi connectivity index (χ2n) is 11.0. The molecule has 2 aromatic heterocycles. The van der Waals surface area contributed by atoms with Crippen LogP contribution in [0.3, 0.4) is 0 Å². The second kappa shape index (κ2) is 13.4. The number of fused-ring (bicyclic) bond motifs is 1. The van der Waals surface area contributed by atoms with Gasteiger partial charge in [0.25, 0.3) is 5.97 Å². The molecule has 2 aromatic carbocycles. The van der Waals surface area contributed by atoms with Crippen molar-refractivity contribution >= 4 is 34.4 Å². The average Bonchev–Trinajstić information content (AvgIpc) is 3.57. The van der Waals surface area contributed by atoms with E-state index >= 15 is 0 Å². The van der Waals surface area contributed by atoms with Gasteiger partial charge in [-0.2, -0.15) is 0 Å². The molecule has 1 fully saturated rings. The molecule has 1 saturated heterocycles. The Kier molecular flexibility index (Phi) is 9.66. The smallest absolute Gasteiger partial charge is 0.324 e. The number of benzene rings is 2. The Labute approximate surface area is 249 Å². The summed E-state index contributed by atoms with van der Waals surface area (Å²) in [6.07, 6.45) is 2.49. The van der Waals surface area contributed by atoms with Crippen molar-refractivity contribution in [3.05, 3.63) is 54.6 Å². The zero-order valence-electron chi connectivity index (χ0n) is 25.0. The number of likely N-dealkylation sites (tertiary alicyclic amines) is 1. The van der Waals surface area contributed by atoms with E-state index in [0.717, 1.165) is 26.4 Å². The van der Waals surface area contributed by atoms with E-state index in [1.807, 2.05) is 32.9 Å². The highest BCUT2D eigenvalue weighted by molar-refractivity contribution is 5.99. The first-order valence-corrected chi connectivity index (χ1v) is 13.6. The summed E-state index contributed by atoms with van der Waals surface area (Å²) in [5.41, 5.74) is 0.974. The number of anilines is 2. The van der Waals surface area contributed by atoms with Gasteiger partial charge in [-0.25, -0.2) is 14.8 Å². The van der Waals surface area contributed by atoms with Crippen LogP contribution < -0.4 is 24.8 Å². The van der Waals surface area contributed by atoms with Crippen molar-refractivity contribution in [2.24, 2.45) is 0 Å². The van der Waals surface area contributed by atoms with E-state index in [4.69, 9.17) is 28.6 Å². The third-order valence-corrected chi connectivity index (χ3v) is 6.32. The number of amides is 2. The van der Waals surface area contributed by atoms with E-state index in [-0.39, 0.29) is 11.5 Å². The molecule has 0 saturated carbocycles. The second-order valence-corrected chi connectivity index (χ2v) is 11.0. The van der Waals surface area contributed by atoms with E-state index in [1.165, 1.54) is 6.33 Å². The van der Waals surface area contributed by atoms with Crippen LogP contribution in [0.2, 0.25) is 0 Å². The number of carbonyl (C=O) groups excluding carboxylic acids is 1. The Balaban J connectivity index is 0.000000996. The molecule has 13 heteroatoms. The molecule has 0 spiro atoms. The van der Waals surface area contributed by atoms with Crippen LogP contribution >= 0.6 is 0 Å². The highest BCUT2D eigenvalue weighted by Gasteiger charge is 2.23. The third-order valence-electron chi connectivity index (χ3n) is 6.32. The van der Waals surface area contributed by atoms with Gasteiger partial charge in [0.15, 0.2) is 17.3 Å². The van der Waals surface area contributed by atoms with Gasteiger partial charge in [0, 0.05) is 49.3 Å². The van der Waals surface area contributed by atoms with Crippen molar-refractivity contribution in [2.45, 2.75) is 45.6 Å². The molecule has 1 aliphatic rings. The Bertz CT molecular complexity index is 1580. The summed E-state index contributed by atoms with van der Waals surface area (Å²) in [6.45, 7) is 8.94. The van der Waals surface area contributed by atoms with Crippen molar-refractivity contribution < 1.29 is 33.4 Å². The quantitative estimate of drug-likeness (QED) is 0.247. The summed E-state index contributed by atoms with van der Waals surface area (Å²) in [5.74, 6) is 2.21. The standard InChI is InChI=1S/C28H32N6O5.C2H4O2/c1-28(2,3)24-14-25(33-39-24)32-27(35)31-17-7-6-8-18(11-17)38-26-20-12-22(36-5)23(13-21(20)29-16-30-26)37-19-9-10-34(4)15-19;1-2(3)4/h6-8,11-14,16,19H,9-10,15H2,1-5H3,(H2,31,32,33,35);1H3,(H,3,4). The fraction of sp³-hybridized carbons (Fsp3) is 0.367. The molecule has 0 radical (unpaired) electrons. The number of urea groups is 1. The molecule has 13 nitrogen and oxygen atoms in total. The van der Waals surface area contributed by atoms with Gasteiger partial charge in [0.2, 0.25) is 5.88 Å². The maximum atomic E-state index is 12.5. The summed E-state index contributed by atoms with van der Waals surface area (Å²) < 4.78 is 23.3. The topological polar surface area (TPSA) is 161 Å². The number of methoxy groups -OCH3 is 1. The molecule has 0 bridgehead atoms. The van der Waals surface area contributed by atoms with Crippen LogP contribution in [0.25, 0.3) is 10.9 Å². The number of nitrogens with zero attached hydrogens (tertiary/aromatic N) is 4. The molecule has 3 N–H and O–H groups in total. The molecule has 3 heterocycles. The zero-order valence-corrected chi connectivity index (χ0v) is 25.0. The van der Waals surface area contributed by atoms with Crippen molar-refractivity contribution in [2.75, 3.05) is 37.9 Å². The molecule has 1 atom stereocenters. The summed E-state index contributed by atoms with van der Waals surface area (Å²) in [7, 11) is 3.68.